The number of rotatable bonds is 4. The van der Waals surface area contributed by atoms with Gasteiger partial charge in [0.1, 0.15) is 0 Å². The summed E-state index contributed by atoms with van der Waals surface area (Å²) in [7, 11) is 0. The van der Waals surface area contributed by atoms with Gasteiger partial charge in [0.25, 0.3) is 5.92 Å². The Bertz CT molecular complexity index is 321. The van der Waals surface area contributed by atoms with Gasteiger partial charge in [-0.1, -0.05) is 32.0 Å². The number of halogens is 2. The van der Waals surface area contributed by atoms with E-state index in [0.717, 1.165) is 5.56 Å². The highest BCUT2D eigenvalue weighted by atomic mass is 19.3. The minimum atomic E-state index is -2.81. The molecule has 1 rings (SSSR count). The molecule has 0 heterocycles. The zero-order valence-electron chi connectivity index (χ0n) is 9.13. The number of alkyl halides is 2. The van der Waals surface area contributed by atoms with Gasteiger partial charge in [0.05, 0.1) is 0 Å². The molecule has 0 saturated carbocycles. The van der Waals surface area contributed by atoms with Gasteiger partial charge in [0, 0.05) is 12.0 Å². The molecule has 0 saturated heterocycles. The van der Waals surface area contributed by atoms with Crippen LogP contribution in [0.25, 0.3) is 0 Å². The second-order valence-electron chi connectivity index (χ2n) is 4.02. The van der Waals surface area contributed by atoms with Crippen molar-refractivity contribution >= 4 is 0 Å². The van der Waals surface area contributed by atoms with Crippen LogP contribution in [0.3, 0.4) is 0 Å². The van der Waals surface area contributed by atoms with Crippen molar-refractivity contribution in [3.63, 3.8) is 0 Å². The minimum absolute atomic E-state index is 0.00109. The van der Waals surface area contributed by atoms with Crippen molar-refractivity contribution in [1.82, 2.24) is 0 Å². The van der Waals surface area contributed by atoms with Crippen molar-refractivity contribution in [2.45, 2.75) is 32.1 Å². The molecule has 2 N–H and O–H groups in total. The molecule has 0 aliphatic carbocycles. The number of nitrogens with two attached hydrogens (primary N) is 1. The first-order chi connectivity index (χ1) is 6.97. The molecule has 0 radical (unpaired) electrons. The highest BCUT2D eigenvalue weighted by Gasteiger charge is 2.30. The van der Waals surface area contributed by atoms with Crippen LogP contribution in [0.15, 0.2) is 24.3 Å². The minimum Gasteiger partial charge on any atom is -0.330 e. The molecule has 1 aromatic rings. The van der Waals surface area contributed by atoms with Crippen LogP contribution < -0.4 is 5.73 Å². The quantitative estimate of drug-likeness (QED) is 0.816. The van der Waals surface area contributed by atoms with Gasteiger partial charge in [-0.05, 0) is 24.1 Å². The average Bonchev–Trinajstić information content (AvgIpc) is 2.18. The van der Waals surface area contributed by atoms with E-state index in [-0.39, 0.29) is 24.4 Å². The lowest BCUT2D eigenvalue weighted by atomic mass is 9.97. The summed E-state index contributed by atoms with van der Waals surface area (Å²) in [6, 6.07) is 6.57. The molecule has 0 atom stereocenters. The van der Waals surface area contributed by atoms with Gasteiger partial charge >= 0.3 is 0 Å². The summed E-state index contributed by atoms with van der Waals surface area (Å²) < 4.78 is 27.0. The number of benzene rings is 1. The van der Waals surface area contributed by atoms with E-state index in [1.165, 1.54) is 6.07 Å². The third kappa shape index (κ3) is 2.99. The van der Waals surface area contributed by atoms with E-state index in [9.17, 15) is 8.78 Å². The molecule has 3 heteroatoms. The lowest BCUT2D eigenvalue weighted by Gasteiger charge is -2.17. The van der Waals surface area contributed by atoms with E-state index in [0.29, 0.717) is 0 Å². The van der Waals surface area contributed by atoms with E-state index >= 15 is 0 Å². The van der Waals surface area contributed by atoms with Crippen molar-refractivity contribution in [3.8, 4) is 0 Å². The Kier molecular flexibility index (Phi) is 3.80. The van der Waals surface area contributed by atoms with Gasteiger partial charge in [-0.2, -0.15) is 0 Å². The van der Waals surface area contributed by atoms with Crippen molar-refractivity contribution in [1.29, 1.82) is 0 Å². The van der Waals surface area contributed by atoms with Crippen molar-refractivity contribution in [2.24, 2.45) is 5.73 Å². The molecule has 0 aliphatic rings. The fourth-order valence-corrected chi connectivity index (χ4v) is 1.45. The van der Waals surface area contributed by atoms with Crippen LogP contribution in [0, 0.1) is 0 Å². The summed E-state index contributed by atoms with van der Waals surface area (Å²) in [4.78, 5) is 0. The van der Waals surface area contributed by atoms with Gasteiger partial charge in [0.2, 0.25) is 0 Å². The maximum atomic E-state index is 13.5. The highest BCUT2D eigenvalue weighted by molar-refractivity contribution is 5.28. The summed E-state index contributed by atoms with van der Waals surface area (Å²) in [5, 5.41) is 0. The maximum Gasteiger partial charge on any atom is 0.274 e. The SMILES string of the molecule is CC(C)c1cccc(C(F)(F)CCN)c1. The fourth-order valence-electron chi connectivity index (χ4n) is 1.45. The zero-order valence-corrected chi connectivity index (χ0v) is 9.13. The molecule has 0 aromatic heterocycles. The van der Waals surface area contributed by atoms with Gasteiger partial charge in [-0.3, -0.25) is 0 Å². The molecule has 15 heavy (non-hydrogen) atoms. The Hall–Kier alpha value is -0.960. The molecule has 0 fully saturated rings. The molecule has 1 nitrogen and oxygen atoms in total. The number of hydrogen-bond acceptors (Lipinski definition) is 1. The van der Waals surface area contributed by atoms with Crippen LogP contribution in [-0.2, 0) is 5.92 Å². The second kappa shape index (κ2) is 4.71. The first-order valence-corrected chi connectivity index (χ1v) is 5.15. The Balaban J connectivity index is 2.99. The first kappa shape index (κ1) is 12.1. The molecular formula is C12H17F2N. The number of hydrogen-bond donors (Lipinski definition) is 1. The van der Waals surface area contributed by atoms with E-state index in [1.807, 2.05) is 19.9 Å². The standard InChI is InChI=1S/C12H17F2N/c1-9(2)10-4-3-5-11(8-10)12(13,14)6-7-15/h3-5,8-9H,6-7,15H2,1-2H3. The summed E-state index contributed by atoms with van der Waals surface area (Å²) in [6.45, 7) is 3.97. The molecule has 0 amide bonds. The van der Waals surface area contributed by atoms with E-state index in [1.54, 1.807) is 12.1 Å². The molecule has 0 unspecified atom stereocenters. The lowest BCUT2D eigenvalue weighted by Crippen LogP contribution is -2.18. The Morgan fingerprint density at radius 1 is 1.33 bits per heavy atom. The maximum absolute atomic E-state index is 13.5. The molecular weight excluding hydrogens is 196 g/mol. The predicted octanol–water partition coefficient (Wildman–Crippen LogP) is 3.25. The molecule has 0 aliphatic heterocycles. The third-order valence-electron chi connectivity index (χ3n) is 2.43. The van der Waals surface area contributed by atoms with E-state index in [4.69, 9.17) is 5.73 Å². The smallest absolute Gasteiger partial charge is 0.274 e. The largest absolute Gasteiger partial charge is 0.330 e. The lowest BCUT2D eigenvalue weighted by molar-refractivity contribution is -0.0108. The second-order valence-corrected chi connectivity index (χ2v) is 4.02. The summed E-state index contributed by atoms with van der Waals surface area (Å²) in [5.41, 5.74) is 6.17. The van der Waals surface area contributed by atoms with Gasteiger partial charge < -0.3 is 5.73 Å². The Labute approximate surface area is 89.3 Å². The zero-order chi connectivity index (χ0) is 11.5. The fraction of sp³-hybridized carbons (Fsp3) is 0.500. The van der Waals surface area contributed by atoms with Gasteiger partial charge in [-0.15, -0.1) is 0 Å². The van der Waals surface area contributed by atoms with Crippen LogP contribution in [0.4, 0.5) is 8.78 Å². The summed E-state index contributed by atoms with van der Waals surface area (Å²) in [5.74, 6) is -2.54. The van der Waals surface area contributed by atoms with E-state index in [2.05, 4.69) is 0 Å². The molecule has 0 bridgehead atoms. The normalized spacial score (nSPS) is 12.1. The summed E-state index contributed by atoms with van der Waals surface area (Å²) >= 11 is 0. The summed E-state index contributed by atoms with van der Waals surface area (Å²) in [6.07, 6.45) is -0.297. The average molecular weight is 213 g/mol. The molecule has 1 aromatic carbocycles. The molecule has 84 valence electrons. The van der Waals surface area contributed by atoms with Crippen LogP contribution in [-0.4, -0.2) is 6.54 Å². The topological polar surface area (TPSA) is 26.0 Å². The van der Waals surface area contributed by atoms with Gasteiger partial charge in [-0.25, -0.2) is 8.78 Å². The van der Waals surface area contributed by atoms with E-state index < -0.39 is 5.92 Å². The highest BCUT2D eigenvalue weighted by Crippen LogP contribution is 2.32. The van der Waals surface area contributed by atoms with Crippen molar-refractivity contribution in [2.75, 3.05) is 6.54 Å². The Morgan fingerprint density at radius 3 is 2.53 bits per heavy atom. The Morgan fingerprint density at radius 2 is 2.00 bits per heavy atom. The van der Waals surface area contributed by atoms with Crippen LogP contribution in [0.1, 0.15) is 37.3 Å². The van der Waals surface area contributed by atoms with Gasteiger partial charge in [0.15, 0.2) is 0 Å². The monoisotopic (exact) mass is 213 g/mol. The van der Waals surface area contributed by atoms with Crippen LogP contribution in [0.2, 0.25) is 0 Å². The third-order valence-corrected chi connectivity index (χ3v) is 2.43. The van der Waals surface area contributed by atoms with Crippen LogP contribution >= 0.6 is 0 Å². The molecule has 0 spiro atoms. The first-order valence-electron chi connectivity index (χ1n) is 5.15. The van der Waals surface area contributed by atoms with Crippen molar-refractivity contribution in [3.05, 3.63) is 35.4 Å². The van der Waals surface area contributed by atoms with Crippen molar-refractivity contribution < 1.29 is 8.78 Å². The predicted molar refractivity (Wildman–Crippen MR) is 58.1 cm³/mol. The van der Waals surface area contributed by atoms with Crippen LogP contribution in [0.5, 0.6) is 0 Å².